The number of pyridine rings is 1. The number of rotatable bonds is 9. The molecule has 3 heterocycles. The number of nitrogens with one attached hydrogen (secondary N) is 1. The van der Waals surface area contributed by atoms with Crippen LogP contribution in [0.4, 0.5) is 4.39 Å². The molecule has 192 valence electrons. The lowest BCUT2D eigenvalue weighted by atomic mass is 10.1. The third-order valence-electron chi connectivity index (χ3n) is 6.21. The highest BCUT2D eigenvalue weighted by atomic mass is 19.1. The molecule has 0 radical (unpaired) electrons. The number of hydrogen-bond acceptors (Lipinski definition) is 6. The lowest BCUT2D eigenvalue weighted by Gasteiger charge is -2.26. The molecule has 0 saturated carbocycles. The minimum atomic E-state index is -0.533. The van der Waals surface area contributed by atoms with Crippen molar-refractivity contribution in [3.05, 3.63) is 58.4 Å². The highest BCUT2D eigenvalue weighted by Crippen LogP contribution is 2.25. The minimum Gasteiger partial charge on any atom is -0.494 e. The second-order valence-corrected chi connectivity index (χ2v) is 9.35. The average Bonchev–Trinajstić information content (AvgIpc) is 3.19. The molecule has 1 aliphatic rings. The molecule has 0 unspecified atom stereocenters. The van der Waals surface area contributed by atoms with E-state index < -0.39 is 11.5 Å². The molecule has 0 aliphatic carbocycles. The molecule has 1 amide bonds. The van der Waals surface area contributed by atoms with Crippen LogP contribution in [0.2, 0.25) is 0 Å². The molecule has 0 spiro atoms. The summed E-state index contributed by atoms with van der Waals surface area (Å²) >= 11 is 0. The van der Waals surface area contributed by atoms with Gasteiger partial charge in [-0.15, -0.1) is 5.10 Å². The summed E-state index contributed by atoms with van der Waals surface area (Å²) in [6.07, 6.45) is 6.45. The maximum atomic E-state index is 14.0. The van der Waals surface area contributed by atoms with Crippen LogP contribution in [0.25, 0.3) is 17.2 Å². The van der Waals surface area contributed by atoms with E-state index in [0.29, 0.717) is 11.4 Å². The van der Waals surface area contributed by atoms with Crippen LogP contribution < -0.4 is 15.7 Å². The first-order chi connectivity index (χ1) is 17.4. The molecule has 1 saturated heterocycles. The number of aromatic nitrogens is 4. The number of methoxy groups -OCH3 is 1. The van der Waals surface area contributed by atoms with Crippen molar-refractivity contribution < 1.29 is 13.9 Å². The quantitative estimate of drug-likeness (QED) is 0.490. The van der Waals surface area contributed by atoms with Crippen LogP contribution in [0.3, 0.4) is 0 Å². The molecule has 1 aliphatic heterocycles. The standard InChI is InChI=1S/C26H33FN6O3/c1-18(2)29-24(34)17-32-25(20-8-9-21(27)22(15-20)36-3)30-33(26(32)35)23-10-7-19(16-28-23)11-14-31-12-5-4-6-13-31/h7-10,15-16,18H,4-6,11-14,17H2,1-3H3,(H,29,34). The van der Waals surface area contributed by atoms with E-state index in [4.69, 9.17) is 4.74 Å². The van der Waals surface area contributed by atoms with Crippen molar-refractivity contribution in [2.45, 2.75) is 52.1 Å². The van der Waals surface area contributed by atoms with Crippen LogP contribution in [-0.4, -0.2) is 62.9 Å². The van der Waals surface area contributed by atoms with Gasteiger partial charge in [-0.2, -0.15) is 4.68 Å². The molecule has 2 aromatic heterocycles. The highest BCUT2D eigenvalue weighted by molar-refractivity contribution is 5.76. The zero-order valence-corrected chi connectivity index (χ0v) is 21.0. The van der Waals surface area contributed by atoms with Gasteiger partial charge in [0.15, 0.2) is 23.2 Å². The van der Waals surface area contributed by atoms with Gasteiger partial charge in [0, 0.05) is 24.3 Å². The Kier molecular flexibility index (Phi) is 8.14. The Morgan fingerprint density at radius 3 is 2.61 bits per heavy atom. The number of halogens is 1. The van der Waals surface area contributed by atoms with E-state index in [1.165, 1.54) is 53.8 Å². The summed E-state index contributed by atoms with van der Waals surface area (Å²) in [6, 6.07) is 7.81. The molecule has 1 fully saturated rings. The maximum Gasteiger partial charge on any atom is 0.352 e. The Bertz CT molecular complexity index is 1250. The second-order valence-electron chi connectivity index (χ2n) is 9.35. The Hall–Kier alpha value is -3.53. The van der Waals surface area contributed by atoms with Gasteiger partial charge in [-0.1, -0.05) is 12.5 Å². The molecule has 0 bridgehead atoms. The number of hydrogen-bond donors (Lipinski definition) is 1. The fourth-order valence-electron chi connectivity index (χ4n) is 4.37. The number of carbonyl (C=O) groups is 1. The highest BCUT2D eigenvalue weighted by Gasteiger charge is 2.21. The molecule has 4 rings (SSSR count). The molecule has 1 aromatic carbocycles. The van der Waals surface area contributed by atoms with E-state index in [-0.39, 0.29) is 30.1 Å². The van der Waals surface area contributed by atoms with Crippen LogP contribution in [0, 0.1) is 5.82 Å². The van der Waals surface area contributed by atoms with E-state index in [1.54, 1.807) is 12.3 Å². The van der Waals surface area contributed by atoms with Gasteiger partial charge in [0.25, 0.3) is 0 Å². The van der Waals surface area contributed by atoms with Crippen molar-refractivity contribution in [1.29, 1.82) is 0 Å². The Balaban J connectivity index is 1.63. The third kappa shape index (κ3) is 5.99. The van der Waals surface area contributed by atoms with Crippen LogP contribution in [0.15, 0.2) is 41.3 Å². The first kappa shape index (κ1) is 25.6. The number of piperidine rings is 1. The van der Waals surface area contributed by atoms with Crippen LogP contribution in [-0.2, 0) is 17.8 Å². The number of nitrogens with zero attached hydrogens (tertiary/aromatic N) is 5. The van der Waals surface area contributed by atoms with E-state index in [2.05, 4.69) is 20.3 Å². The molecular weight excluding hydrogens is 463 g/mol. The number of likely N-dealkylation sites (tertiary alicyclic amines) is 1. The zero-order valence-electron chi connectivity index (χ0n) is 21.0. The Morgan fingerprint density at radius 2 is 1.94 bits per heavy atom. The van der Waals surface area contributed by atoms with Crippen molar-refractivity contribution in [3.8, 4) is 23.0 Å². The SMILES string of the molecule is COc1cc(-c2nn(-c3ccc(CCN4CCCCC4)cn3)c(=O)n2CC(=O)NC(C)C)ccc1F. The molecule has 3 aromatic rings. The summed E-state index contributed by atoms with van der Waals surface area (Å²) in [5, 5.41) is 7.26. The van der Waals surface area contributed by atoms with Crippen molar-refractivity contribution in [1.82, 2.24) is 29.5 Å². The second kappa shape index (κ2) is 11.5. The van der Waals surface area contributed by atoms with Crippen molar-refractivity contribution in [2.75, 3.05) is 26.7 Å². The van der Waals surface area contributed by atoms with Crippen LogP contribution >= 0.6 is 0 Å². The minimum absolute atomic E-state index is 0.0175. The summed E-state index contributed by atoms with van der Waals surface area (Å²) in [5.41, 5.74) is 1.01. The van der Waals surface area contributed by atoms with E-state index in [0.717, 1.165) is 31.6 Å². The van der Waals surface area contributed by atoms with Gasteiger partial charge in [-0.05, 0) is 76.0 Å². The van der Waals surface area contributed by atoms with Gasteiger partial charge in [0.1, 0.15) is 6.54 Å². The Labute approximate surface area is 209 Å². The van der Waals surface area contributed by atoms with Gasteiger partial charge in [0.05, 0.1) is 7.11 Å². The molecule has 0 atom stereocenters. The zero-order chi connectivity index (χ0) is 25.7. The first-order valence-corrected chi connectivity index (χ1v) is 12.4. The van der Waals surface area contributed by atoms with Crippen LogP contribution in [0.1, 0.15) is 38.7 Å². The van der Waals surface area contributed by atoms with E-state index in [1.807, 2.05) is 19.9 Å². The molecule has 1 N–H and O–H groups in total. The summed E-state index contributed by atoms with van der Waals surface area (Å²) < 4.78 is 21.5. The predicted molar refractivity (Wildman–Crippen MR) is 135 cm³/mol. The summed E-state index contributed by atoms with van der Waals surface area (Å²) in [7, 11) is 1.36. The summed E-state index contributed by atoms with van der Waals surface area (Å²) in [6.45, 7) is 6.70. The predicted octanol–water partition coefficient (Wildman–Crippen LogP) is 2.80. The third-order valence-corrected chi connectivity index (χ3v) is 6.21. The van der Waals surface area contributed by atoms with Crippen LogP contribution in [0.5, 0.6) is 5.75 Å². The Morgan fingerprint density at radius 1 is 1.17 bits per heavy atom. The lowest BCUT2D eigenvalue weighted by molar-refractivity contribution is -0.122. The fraction of sp³-hybridized carbons (Fsp3) is 0.462. The smallest absolute Gasteiger partial charge is 0.352 e. The number of amides is 1. The normalized spacial score (nSPS) is 14.2. The van der Waals surface area contributed by atoms with Crippen molar-refractivity contribution in [3.63, 3.8) is 0 Å². The van der Waals surface area contributed by atoms with E-state index in [9.17, 15) is 14.0 Å². The average molecular weight is 497 g/mol. The van der Waals surface area contributed by atoms with Gasteiger partial charge >= 0.3 is 5.69 Å². The molecule has 10 heteroatoms. The molecule has 36 heavy (non-hydrogen) atoms. The number of carbonyl (C=O) groups excluding carboxylic acids is 1. The van der Waals surface area contributed by atoms with Crippen molar-refractivity contribution >= 4 is 5.91 Å². The van der Waals surface area contributed by atoms with E-state index >= 15 is 0 Å². The fourth-order valence-corrected chi connectivity index (χ4v) is 4.37. The summed E-state index contributed by atoms with van der Waals surface area (Å²) in [4.78, 5) is 32.8. The lowest BCUT2D eigenvalue weighted by Crippen LogP contribution is -2.36. The van der Waals surface area contributed by atoms with Gasteiger partial charge in [0.2, 0.25) is 5.91 Å². The van der Waals surface area contributed by atoms with Crippen molar-refractivity contribution in [2.24, 2.45) is 0 Å². The number of benzene rings is 1. The summed E-state index contributed by atoms with van der Waals surface area (Å²) in [5.74, 6) is -0.283. The monoisotopic (exact) mass is 496 g/mol. The maximum absolute atomic E-state index is 14.0. The van der Waals surface area contributed by atoms with Gasteiger partial charge < -0.3 is 15.0 Å². The topological polar surface area (TPSA) is 94.3 Å². The van der Waals surface area contributed by atoms with Gasteiger partial charge in [-0.3, -0.25) is 9.36 Å². The molecular formula is C26H33FN6O3. The number of ether oxygens (including phenoxy) is 1. The first-order valence-electron chi connectivity index (χ1n) is 12.4. The molecule has 9 nitrogen and oxygen atoms in total. The van der Waals surface area contributed by atoms with Gasteiger partial charge in [-0.25, -0.2) is 14.2 Å². The largest absolute Gasteiger partial charge is 0.494 e.